The summed E-state index contributed by atoms with van der Waals surface area (Å²) in [7, 11) is 1.45. The third-order valence-corrected chi connectivity index (χ3v) is 1.76. The molecule has 0 bridgehead atoms. The topological polar surface area (TPSA) is 55.4 Å². The average Bonchev–Trinajstić information content (AvgIpc) is 2.20. The number of amides is 1. The van der Waals surface area contributed by atoms with E-state index in [4.69, 9.17) is 16.3 Å². The van der Waals surface area contributed by atoms with Crippen molar-refractivity contribution in [1.29, 1.82) is 0 Å². The molecule has 0 heterocycles. The van der Waals surface area contributed by atoms with E-state index < -0.39 is 5.91 Å². The molecule has 4 nitrogen and oxygen atoms in total. The van der Waals surface area contributed by atoms with E-state index in [9.17, 15) is 9.59 Å². The fourth-order valence-corrected chi connectivity index (χ4v) is 1.09. The predicted molar refractivity (Wildman–Crippen MR) is 52.7 cm³/mol. The van der Waals surface area contributed by atoms with Gasteiger partial charge in [0.15, 0.2) is 0 Å². The van der Waals surface area contributed by atoms with E-state index >= 15 is 0 Å². The van der Waals surface area contributed by atoms with Crippen molar-refractivity contribution in [2.24, 2.45) is 0 Å². The third kappa shape index (κ3) is 2.47. The van der Waals surface area contributed by atoms with Gasteiger partial charge in [-0.2, -0.15) is 0 Å². The number of methoxy groups -OCH3 is 1. The Morgan fingerprint density at radius 2 is 2.29 bits per heavy atom. The van der Waals surface area contributed by atoms with Gasteiger partial charge < -0.3 is 10.1 Å². The van der Waals surface area contributed by atoms with Crippen LogP contribution < -0.4 is 10.1 Å². The maximum atomic E-state index is 10.8. The van der Waals surface area contributed by atoms with E-state index in [0.717, 1.165) is 0 Å². The van der Waals surface area contributed by atoms with Gasteiger partial charge in [-0.25, -0.2) is 0 Å². The van der Waals surface area contributed by atoms with E-state index in [1.807, 2.05) is 0 Å². The summed E-state index contributed by atoms with van der Waals surface area (Å²) in [4.78, 5) is 20.9. The molecule has 1 amide bonds. The Balaban J connectivity index is 2.96. The van der Waals surface area contributed by atoms with Crippen LogP contribution in [0.1, 0.15) is 0 Å². The number of nitrogens with one attached hydrogen (secondary N) is 1. The largest absolute Gasteiger partial charge is 0.495 e. The lowest BCUT2D eigenvalue weighted by molar-refractivity contribution is -0.127. The van der Waals surface area contributed by atoms with Gasteiger partial charge in [-0.15, -0.1) is 0 Å². The molecule has 0 saturated heterocycles. The predicted octanol–water partition coefficient (Wildman–Crippen LogP) is 1.49. The third-order valence-electron chi connectivity index (χ3n) is 1.53. The second-order valence-corrected chi connectivity index (χ2v) is 2.89. The van der Waals surface area contributed by atoms with E-state index in [0.29, 0.717) is 16.5 Å². The number of carbonyl (C=O) groups is 2. The molecule has 1 N–H and O–H groups in total. The van der Waals surface area contributed by atoms with Gasteiger partial charge in [-0.05, 0) is 12.1 Å². The van der Waals surface area contributed by atoms with Crippen LogP contribution in [0.3, 0.4) is 0 Å². The highest BCUT2D eigenvalue weighted by Crippen LogP contribution is 2.27. The second kappa shape index (κ2) is 4.62. The summed E-state index contributed by atoms with van der Waals surface area (Å²) < 4.78 is 4.96. The highest BCUT2D eigenvalue weighted by molar-refractivity contribution is 6.31. The zero-order chi connectivity index (χ0) is 10.6. The lowest BCUT2D eigenvalue weighted by atomic mass is 10.3. The zero-order valence-corrected chi connectivity index (χ0v) is 8.17. The van der Waals surface area contributed by atoms with Crippen LogP contribution in [0.15, 0.2) is 18.2 Å². The van der Waals surface area contributed by atoms with Gasteiger partial charge in [0.25, 0.3) is 5.91 Å². The van der Waals surface area contributed by atoms with Crippen LogP contribution in [-0.4, -0.2) is 19.3 Å². The quantitative estimate of drug-likeness (QED) is 0.611. The van der Waals surface area contributed by atoms with Crippen molar-refractivity contribution < 1.29 is 14.3 Å². The molecule has 0 saturated carbocycles. The first-order chi connectivity index (χ1) is 6.67. The first kappa shape index (κ1) is 10.5. The number of hydrogen-bond acceptors (Lipinski definition) is 3. The molecule has 5 heteroatoms. The number of anilines is 1. The van der Waals surface area contributed by atoms with Gasteiger partial charge in [-0.3, -0.25) is 9.59 Å². The van der Waals surface area contributed by atoms with E-state index in [-0.39, 0.29) is 6.29 Å². The summed E-state index contributed by atoms with van der Waals surface area (Å²) >= 11 is 5.70. The first-order valence-electron chi connectivity index (χ1n) is 3.77. The first-order valence-corrected chi connectivity index (χ1v) is 4.15. The van der Waals surface area contributed by atoms with Crippen molar-refractivity contribution >= 4 is 29.5 Å². The molecule has 0 aliphatic heterocycles. The molecule has 1 aromatic carbocycles. The van der Waals surface area contributed by atoms with Gasteiger partial charge in [-0.1, -0.05) is 11.6 Å². The summed E-state index contributed by atoms with van der Waals surface area (Å²) in [5.74, 6) is -0.321. The highest BCUT2D eigenvalue weighted by Gasteiger charge is 2.06. The lowest BCUT2D eigenvalue weighted by Crippen LogP contribution is -2.12. The molecule has 14 heavy (non-hydrogen) atoms. The summed E-state index contributed by atoms with van der Waals surface area (Å²) in [5.41, 5.74) is 0.411. The fraction of sp³-hybridized carbons (Fsp3) is 0.111. The van der Waals surface area contributed by atoms with Crippen molar-refractivity contribution in [2.45, 2.75) is 0 Å². The molecule has 0 aliphatic carbocycles. The molecule has 0 fully saturated rings. The van der Waals surface area contributed by atoms with Gasteiger partial charge in [0.2, 0.25) is 6.29 Å². The summed E-state index contributed by atoms with van der Waals surface area (Å²) in [6.07, 6.45) is 0.189. The van der Waals surface area contributed by atoms with Crippen LogP contribution in [0.5, 0.6) is 5.75 Å². The van der Waals surface area contributed by atoms with Crippen LogP contribution in [-0.2, 0) is 9.59 Å². The minimum absolute atomic E-state index is 0.189. The smallest absolute Gasteiger partial charge is 0.288 e. The monoisotopic (exact) mass is 213 g/mol. The summed E-state index contributed by atoms with van der Waals surface area (Å²) in [5, 5.41) is 2.84. The highest BCUT2D eigenvalue weighted by atomic mass is 35.5. The molecule has 0 aliphatic rings. The molecule has 0 aromatic heterocycles. The van der Waals surface area contributed by atoms with Crippen molar-refractivity contribution in [2.75, 3.05) is 12.4 Å². The van der Waals surface area contributed by atoms with Crippen LogP contribution in [0, 0.1) is 0 Å². The van der Waals surface area contributed by atoms with Crippen molar-refractivity contribution in [3.05, 3.63) is 23.2 Å². The molecule has 1 aromatic rings. The Morgan fingerprint density at radius 3 is 2.86 bits per heavy atom. The van der Waals surface area contributed by atoms with Gasteiger partial charge in [0.1, 0.15) is 5.75 Å². The van der Waals surface area contributed by atoms with Crippen molar-refractivity contribution in [3.8, 4) is 5.75 Å². The Kier molecular flexibility index (Phi) is 3.48. The van der Waals surface area contributed by atoms with Gasteiger partial charge >= 0.3 is 0 Å². The van der Waals surface area contributed by atoms with E-state index in [1.54, 1.807) is 18.2 Å². The molecule has 1 rings (SSSR count). The maximum Gasteiger partial charge on any atom is 0.288 e. The standard InChI is InChI=1S/C9H8ClNO3/c1-14-8-4-6(10)2-3-7(8)11-9(13)5-12/h2-5H,1H3,(H,11,13). The molecular weight excluding hydrogens is 206 g/mol. The molecule has 0 radical (unpaired) electrons. The summed E-state index contributed by atoms with van der Waals surface area (Å²) in [6.45, 7) is 0. The normalized spacial score (nSPS) is 9.29. The molecule has 0 atom stereocenters. The van der Waals surface area contributed by atoms with Crippen molar-refractivity contribution in [3.63, 3.8) is 0 Å². The average molecular weight is 214 g/mol. The minimum Gasteiger partial charge on any atom is -0.495 e. The van der Waals surface area contributed by atoms with Crippen LogP contribution in [0.25, 0.3) is 0 Å². The zero-order valence-electron chi connectivity index (χ0n) is 7.41. The fourth-order valence-electron chi connectivity index (χ4n) is 0.931. The Hall–Kier alpha value is -1.55. The Morgan fingerprint density at radius 1 is 1.57 bits per heavy atom. The number of carbonyl (C=O) groups excluding carboxylic acids is 2. The van der Waals surface area contributed by atoms with Crippen LogP contribution in [0.2, 0.25) is 5.02 Å². The van der Waals surface area contributed by atoms with Crippen LogP contribution in [0.4, 0.5) is 5.69 Å². The number of hydrogen-bond donors (Lipinski definition) is 1. The molecule has 0 unspecified atom stereocenters. The molecule has 0 spiro atoms. The number of ether oxygens (including phenoxy) is 1. The Bertz CT molecular complexity index is 365. The Labute approximate surface area is 85.8 Å². The second-order valence-electron chi connectivity index (χ2n) is 2.45. The lowest BCUT2D eigenvalue weighted by Gasteiger charge is -2.07. The van der Waals surface area contributed by atoms with Gasteiger partial charge in [0, 0.05) is 11.1 Å². The number of benzene rings is 1. The number of aldehydes is 1. The minimum atomic E-state index is -0.731. The SMILES string of the molecule is COc1cc(Cl)ccc1NC(=O)C=O. The van der Waals surface area contributed by atoms with E-state index in [1.165, 1.54) is 7.11 Å². The molecule has 74 valence electrons. The number of halogens is 1. The summed E-state index contributed by atoms with van der Waals surface area (Å²) in [6, 6.07) is 4.69. The maximum absolute atomic E-state index is 10.8. The van der Waals surface area contributed by atoms with E-state index in [2.05, 4.69) is 5.32 Å². The molecular formula is C9H8ClNO3. The number of rotatable bonds is 3. The van der Waals surface area contributed by atoms with Crippen molar-refractivity contribution in [1.82, 2.24) is 0 Å². The van der Waals surface area contributed by atoms with Gasteiger partial charge in [0.05, 0.1) is 12.8 Å². The van der Waals surface area contributed by atoms with Crippen LogP contribution >= 0.6 is 11.6 Å².